The number of piperidine rings is 1. The number of carbonyl (C=O) groups is 1. The maximum absolute atomic E-state index is 13.2. The first kappa shape index (κ1) is 20.7. The number of nitrogens with zero attached hydrogens (tertiary/aromatic N) is 1. The van der Waals surface area contributed by atoms with E-state index >= 15 is 0 Å². The number of carbonyl (C=O) groups excluding carboxylic acids is 1. The summed E-state index contributed by atoms with van der Waals surface area (Å²) in [5, 5.41) is 0. The monoisotopic (exact) mass is 411 g/mol. The van der Waals surface area contributed by atoms with Crippen LogP contribution in [0, 0.1) is 11.7 Å². The van der Waals surface area contributed by atoms with Crippen LogP contribution in [0.15, 0.2) is 42.5 Å². The van der Waals surface area contributed by atoms with Crippen LogP contribution < -0.4 is 9.47 Å². The second kappa shape index (κ2) is 9.07. The molecule has 4 nitrogen and oxygen atoms in total. The zero-order valence-corrected chi connectivity index (χ0v) is 17.8. The van der Waals surface area contributed by atoms with Crippen LogP contribution in [0.4, 0.5) is 4.39 Å². The van der Waals surface area contributed by atoms with Gasteiger partial charge in [-0.25, -0.2) is 4.39 Å². The molecule has 2 fully saturated rings. The molecule has 30 heavy (non-hydrogen) atoms. The number of aryl methyl sites for hydroxylation is 1. The first-order valence-electron chi connectivity index (χ1n) is 10.9. The first-order valence-corrected chi connectivity index (χ1v) is 10.9. The van der Waals surface area contributed by atoms with Crippen molar-refractivity contribution in [2.24, 2.45) is 5.92 Å². The number of rotatable bonds is 7. The highest BCUT2D eigenvalue weighted by Gasteiger charge is 2.47. The van der Waals surface area contributed by atoms with Crippen molar-refractivity contribution in [3.63, 3.8) is 0 Å². The van der Waals surface area contributed by atoms with E-state index in [1.807, 2.05) is 24.3 Å². The third kappa shape index (κ3) is 4.45. The molecule has 0 aromatic heterocycles. The van der Waals surface area contributed by atoms with E-state index in [9.17, 15) is 9.18 Å². The first-order chi connectivity index (χ1) is 14.6. The molecule has 4 rings (SSSR count). The van der Waals surface area contributed by atoms with Crippen molar-refractivity contribution in [1.29, 1.82) is 0 Å². The van der Waals surface area contributed by atoms with Crippen molar-refractivity contribution in [3.8, 4) is 11.5 Å². The standard InChI is InChI=1S/C25H30FNO3/c1-29-23-13-7-17(15-24(23)30-2)6-12-20-5-3-4-14-27(20)25(28)22-16-21(22)18-8-10-19(26)11-9-18/h7-11,13,15,20-22H,3-6,12,14,16H2,1-2H3/t20-,21+,22-/m0/s1. The van der Waals surface area contributed by atoms with E-state index in [0.717, 1.165) is 55.7 Å². The van der Waals surface area contributed by atoms with Crippen LogP contribution in [0.5, 0.6) is 11.5 Å². The maximum atomic E-state index is 13.2. The molecule has 2 aromatic rings. The van der Waals surface area contributed by atoms with Gasteiger partial charge in [0.1, 0.15) is 5.82 Å². The van der Waals surface area contributed by atoms with Gasteiger partial charge in [-0.1, -0.05) is 18.2 Å². The van der Waals surface area contributed by atoms with Crippen LogP contribution in [0.3, 0.4) is 0 Å². The Balaban J connectivity index is 1.38. The van der Waals surface area contributed by atoms with Crippen LogP contribution in [0.25, 0.3) is 0 Å². The lowest BCUT2D eigenvalue weighted by Gasteiger charge is -2.36. The zero-order valence-electron chi connectivity index (χ0n) is 17.8. The zero-order chi connectivity index (χ0) is 21.1. The normalized spacial score (nSPS) is 23.2. The van der Waals surface area contributed by atoms with Gasteiger partial charge in [-0.15, -0.1) is 0 Å². The number of methoxy groups -OCH3 is 2. The minimum absolute atomic E-state index is 0.0529. The van der Waals surface area contributed by atoms with Gasteiger partial charge in [-0.3, -0.25) is 4.79 Å². The molecule has 1 saturated carbocycles. The summed E-state index contributed by atoms with van der Waals surface area (Å²) in [6.07, 6.45) is 6.05. The Labute approximate surface area is 178 Å². The third-order valence-electron chi connectivity index (χ3n) is 6.53. The molecular weight excluding hydrogens is 381 g/mol. The minimum Gasteiger partial charge on any atom is -0.493 e. The van der Waals surface area contributed by atoms with E-state index in [1.165, 1.54) is 24.1 Å². The van der Waals surface area contributed by atoms with Gasteiger partial charge in [-0.2, -0.15) is 0 Å². The number of hydrogen-bond acceptors (Lipinski definition) is 3. The number of hydrogen-bond donors (Lipinski definition) is 0. The molecule has 0 unspecified atom stereocenters. The van der Waals surface area contributed by atoms with Crippen LogP contribution >= 0.6 is 0 Å². The summed E-state index contributed by atoms with van der Waals surface area (Å²) in [5.74, 6) is 1.82. The lowest BCUT2D eigenvalue weighted by atomic mass is 9.95. The number of halogens is 1. The summed E-state index contributed by atoms with van der Waals surface area (Å²) in [7, 11) is 3.29. The molecule has 0 radical (unpaired) electrons. The molecule has 0 N–H and O–H groups in total. The van der Waals surface area contributed by atoms with Crippen molar-refractivity contribution in [1.82, 2.24) is 4.90 Å². The van der Waals surface area contributed by atoms with E-state index in [2.05, 4.69) is 11.0 Å². The molecule has 160 valence electrons. The van der Waals surface area contributed by atoms with Gasteiger partial charge >= 0.3 is 0 Å². The fraction of sp³-hybridized carbons (Fsp3) is 0.480. The molecule has 1 aliphatic heterocycles. The summed E-state index contributed by atoms with van der Waals surface area (Å²) < 4.78 is 23.9. The summed E-state index contributed by atoms with van der Waals surface area (Å²) >= 11 is 0. The van der Waals surface area contributed by atoms with Gasteiger partial charge in [0, 0.05) is 18.5 Å². The molecule has 2 aliphatic rings. The predicted octanol–water partition coefficient (Wildman–Crippen LogP) is 4.96. The maximum Gasteiger partial charge on any atom is 0.226 e. The average molecular weight is 412 g/mol. The van der Waals surface area contributed by atoms with E-state index in [4.69, 9.17) is 9.47 Å². The highest BCUT2D eigenvalue weighted by atomic mass is 19.1. The fourth-order valence-electron chi connectivity index (χ4n) is 4.72. The molecule has 5 heteroatoms. The van der Waals surface area contributed by atoms with Gasteiger partial charge in [0.15, 0.2) is 11.5 Å². The van der Waals surface area contributed by atoms with E-state index in [-0.39, 0.29) is 29.6 Å². The number of likely N-dealkylation sites (tertiary alicyclic amines) is 1. The average Bonchev–Trinajstić information content (AvgIpc) is 3.58. The van der Waals surface area contributed by atoms with E-state index < -0.39 is 0 Å². The third-order valence-corrected chi connectivity index (χ3v) is 6.53. The molecule has 2 aromatic carbocycles. The van der Waals surface area contributed by atoms with Gasteiger partial charge in [0.25, 0.3) is 0 Å². The highest BCUT2D eigenvalue weighted by Crippen LogP contribution is 2.49. The Morgan fingerprint density at radius 3 is 2.57 bits per heavy atom. The molecule has 0 spiro atoms. The topological polar surface area (TPSA) is 38.8 Å². The SMILES string of the molecule is COc1ccc(CC[C@@H]2CCCCN2C(=O)[C@H]2C[C@@H]2c2ccc(F)cc2)cc1OC. The van der Waals surface area contributed by atoms with Crippen molar-refractivity contribution < 1.29 is 18.7 Å². The molecule has 1 aliphatic carbocycles. The molecule has 1 saturated heterocycles. The molecule has 1 amide bonds. The molecular formula is C25H30FNO3. The van der Waals surface area contributed by atoms with E-state index in [0.29, 0.717) is 0 Å². The molecule has 3 atom stereocenters. The van der Waals surface area contributed by atoms with Gasteiger partial charge < -0.3 is 14.4 Å². The highest BCUT2D eigenvalue weighted by molar-refractivity contribution is 5.83. The van der Waals surface area contributed by atoms with E-state index in [1.54, 1.807) is 14.2 Å². The molecule has 0 bridgehead atoms. The largest absolute Gasteiger partial charge is 0.493 e. The quantitative estimate of drug-likeness (QED) is 0.646. The van der Waals surface area contributed by atoms with Crippen molar-refractivity contribution in [2.75, 3.05) is 20.8 Å². The lowest BCUT2D eigenvalue weighted by molar-refractivity contribution is -0.136. The fourth-order valence-corrected chi connectivity index (χ4v) is 4.72. The van der Waals surface area contributed by atoms with Crippen molar-refractivity contribution >= 4 is 5.91 Å². The lowest BCUT2D eigenvalue weighted by Crippen LogP contribution is -2.44. The van der Waals surface area contributed by atoms with Gasteiger partial charge in [0.05, 0.1) is 14.2 Å². The number of benzene rings is 2. The summed E-state index contributed by atoms with van der Waals surface area (Å²) in [5.41, 5.74) is 2.27. The Morgan fingerprint density at radius 1 is 1.07 bits per heavy atom. The second-order valence-electron chi connectivity index (χ2n) is 8.41. The smallest absolute Gasteiger partial charge is 0.226 e. The van der Waals surface area contributed by atoms with Crippen LogP contribution in [-0.4, -0.2) is 37.6 Å². The Morgan fingerprint density at radius 2 is 1.83 bits per heavy atom. The Hall–Kier alpha value is -2.56. The van der Waals surface area contributed by atoms with Crippen molar-refractivity contribution in [2.45, 2.75) is 50.5 Å². The predicted molar refractivity (Wildman–Crippen MR) is 114 cm³/mol. The van der Waals surface area contributed by atoms with Crippen LogP contribution in [0.1, 0.15) is 49.1 Å². The summed E-state index contributed by atoms with van der Waals surface area (Å²) in [6.45, 7) is 0.849. The number of ether oxygens (including phenoxy) is 2. The van der Waals surface area contributed by atoms with Crippen LogP contribution in [-0.2, 0) is 11.2 Å². The van der Waals surface area contributed by atoms with Gasteiger partial charge in [-0.05, 0) is 79.8 Å². The second-order valence-corrected chi connectivity index (χ2v) is 8.41. The minimum atomic E-state index is -0.228. The summed E-state index contributed by atoms with van der Waals surface area (Å²) in [6, 6.07) is 12.9. The number of amides is 1. The van der Waals surface area contributed by atoms with Gasteiger partial charge in [0.2, 0.25) is 5.91 Å². The molecule has 1 heterocycles. The van der Waals surface area contributed by atoms with Crippen LogP contribution in [0.2, 0.25) is 0 Å². The summed E-state index contributed by atoms with van der Waals surface area (Å²) in [4.78, 5) is 15.4. The Bertz CT molecular complexity index is 882. The Kier molecular flexibility index (Phi) is 6.26. The van der Waals surface area contributed by atoms with Crippen molar-refractivity contribution in [3.05, 3.63) is 59.4 Å².